The number of benzene rings is 1. The largest absolute Gasteiger partial charge is 0.491 e. The summed E-state index contributed by atoms with van der Waals surface area (Å²) < 4.78 is 30.8. The van der Waals surface area contributed by atoms with Crippen LogP contribution in [-0.4, -0.2) is 33.4 Å². The molecule has 0 heterocycles. The molecule has 0 radical (unpaired) electrons. The third kappa shape index (κ3) is 4.38. The molecule has 0 unspecified atom stereocenters. The first-order valence-corrected chi connectivity index (χ1v) is 8.28. The molecular weight excluding hydrogens is 276 g/mol. The topological polar surface area (TPSA) is 72.6 Å². The number of rotatable bonds is 8. The Bertz CT molecular complexity index is 527. The maximum absolute atomic E-state index is 12.0. The van der Waals surface area contributed by atoms with E-state index in [-0.39, 0.29) is 4.90 Å². The predicted molar refractivity (Wildman–Crippen MR) is 81.4 cm³/mol. The van der Waals surface area contributed by atoms with Crippen LogP contribution >= 0.6 is 0 Å². The van der Waals surface area contributed by atoms with Crippen LogP contribution < -0.4 is 10.5 Å². The molecule has 0 fully saturated rings. The lowest BCUT2D eigenvalue weighted by Crippen LogP contribution is -2.22. The summed E-state index contributed by atoms with van der Waals surface area (Å²) >= 11 is 0. The van der Waals surface area contributed by atoms with Gasteiger partial charge >= 0.3 is 0 Å². The Kier molecular flexibility index (Phi) is 6.29. The van der Waals surface area contributed by atoms with Gasteiger partial charge in [0.15, 0.2) is 0 Å². The first-order chi connectivity index (χ1) is 9.39. The van der Waals surface area contributed by atoms with Crippen LogP contribution in [0.3, 0.4) is 0 Å². The monoisotopic (exact) mass is 300 g/mol. The van der Waals surface area contributed by atoms with Gasteiger partial charge in [0, 0.05) is 20.2 Å². The van der Waals surface area contributed by atoms with Gasteiger partial charge in [0.05, 0.1) is 17.2 Å². The van der Waals surface area contributed by atoms with E-state index >= 15 is 0 Å². The minimum atomic E-state index is -3.46. The van der Waals surface area contributed by atoms with Crippen LogP contribution in [-0.2, 0) is 10.0 Å². The number of hydrogen-bond donors (Lipinski definition) is 1. The van der Waals surface area contributed by atoms with Crippen LogP contribution in [0.1, 0.15) is 32.6 Å². The molecule has 0 spiro atoms. The molecule has 0 amide bonds. The van der Waals surface area contributed by atoms with Crippen molar-refractivity contribution in [2.75, 3.05) is 26.4 Å². The van der Waals surface area contributed by atoms with E-state index < -0.39 is 10.0 Å². The van der Waals surface area contributed by atoms with Crippen molar-refractivity contribution < 1.29 is 13.2 Å². The summed E-state index contributed by atoms with van der Waals surface area (Å²) in [5.74, 6) is 0.435. The van der Waals surface area contributed by atoms with Gasteiger partial charge in [-0.2, -0.15) is 0 Å². The number of anilines is 1. The Balaban J connectivity index is 2.77. The summed E-state index contributed by atoms with van der Waals surface area (Å²) in [6.45, 7) is 2.70. The lowest BCUT2D eigenvalue weighted by Gasteiger charge is -2.14. The van der Waals surface area contributed by atoms with Gasteiger partial charge < -0.3 is 10.5 Å². The second kappa shape index (κ2) is 7.50. The van der Waals surface area contributed by atoms with E-state index in [0.717, 1.165) is 12.8 Å². The van der Waals surface area contributed by atoms with Crippen LogP contribution in [0.25, 0.3) is 0 Å². The molecule has 5 nitrogen and oxygen atoms in total. The summed E-state index contributed by atoms with van der Waals surface area (Å²) in [6, 6.07) is 4.55. The summed E-state index contributed by atoms with van der Waals surface area (Å²) in [7, 11) is -0.464. The van der Waals surface area contributed by atoms with E-state index in [1.165, 1.54) is 43.4 Å². The lowest BCUT2D eigenvalue weighted by atomic mass is 10.2. The molecule has 1 rings (SSSR count). The van der Waals surface area contributed by atoms with Crippen LogP contribution in [0.4, 0.5) is 5.69 Å². The second-order valence-corrected chi connectivity index (χ2v) is 7.05. The predicted octanol–water partition coefficient (Wildman–Crippen LogP) is 2.48. The molecule has 0 aliphatic rings. The summed E-state index contributed by atoms with van der Waals surface area (Å²) in [4.78, 5) is 0.195. The third-order valence-corrected chi connectivity index (χ3v) is 4.83. The summed E-state index contributed by atoms with van der Waals surface area (Å²) in [6.07, 6.45) is 4.39. The fourth-order valence-electron chi connectivity index (χ4n) is 1.72. The molecular formula is C14H24N2O3S. The number of hydrogen-bond acceptors (Lipinski definition) is 4. The van der Waals surface area contributed by atoms with E-state index in [1.807, 2.05) is 0 Å². The lowest BCUT2D eigenvalue weighted by molar-refractivity contribution is 0.306. The zero-order valence-electron chi connectivity index (χ0n) is 12.4. The molecule has 1 aromatic carbocycles. The minimum absolute atomic E-state index is 0.195. The number of nitrogens with two attached hydrogens (primary N) is 1. The van der Waals surface area contributed by atoms with Crippen molar-refractivity contribution in [3.05, 3.63) is 18.2 Å². The highest BCUT2D eigenvalue weighted by Gasteiger charge is 2.18. The molecule has 0 atom stereocenters. The van der Waals surface area contributed by atoms with Crippen LogP contribution in [0.5, 0.6) is 5.75 Å². The Labute approximate surface area is 121 Å². The van der Waals surface area contributed by atoms with Gasteiger partial charge in [0.25, 0.3) is 0 Å². The fourth-order valence-corrected chi connectivity index (χ4v) is 2.64. The molecule has 0 aliphatic heterocycles. The molecule has 2 N–H and O–H groups in total. The molecule has 0 bridgehead atoms. The van der Waals surface area contributed by atoms with Crippen LogP contribution in [0, 0.1) is 0 Å². The number of nitrogens with zero attached hydrogens (tertiary/aromatic N) is 1. The van der Waals surface area contributed by atoms with E-state index in [2.05, 4.69) is 6.92 Å². The van der Waals surface area contributed by atoms with Gasteiger partial charge in [-0.3, -0.25) is 0 Å². The summed E-state index contributed by atoms with van der Waals surface area (Å²) in [5.41, 5.74) is 6.27. The number of nitrogen functional groups attached to an aromatic ring is 1. The van der Waals surface area contributed by atoms with Crippen LogP contribution in [0.15, 0.2) is 23.1 Å². The molecule has 0 saturated carbocycles. The van der Waals surface area contributed by atoms with E-state index in [0.29, 0.717) is 18.0 Å². The second-order valence-electron chi connectivity index (χ2n) is 4.90. The zero-order valence-corrected chi connectivity index (χ0v) is 13.2. The van der Waals surface area contributed by atoms with Crippen molar-refractivity contribution in [1.29, 1.82) is 0 Å². The van der Waals surface area contributed by atoms with Gasteiger partial charge in [-0.25, -0.2) is 12.7 Å². The van der Waals surface area contributed by atoms with Gasteiger partial charge in [0.2, 0.25) is 10.0 Å². The normalized spacial score (nSPS) is 11.8. The highest BCUT2D eigenvalue weighted by Crippen LogP contribution is 2.26. The van der Waals surface area contributed by atoms with Crippen molar-refractivity contribution in [2.45, 2.75) is 37.5 Å². The van der Waals surface area contributed by atoms with E-state index in [4.69, 9.17) is 10.5 Å². The highest BCUT2D eigenvalue weighted by atomic mass is 32.2. The molecule has 0 aromatic heterocycles. The molecule has 114 valence electrons. The SMILES string of the molecule is CCCCCCOc1cc(S(=O)(=O)N(C)C)ccc1N. The average Bonchev–Trinajstić information content (AvgIpc) is 2.40. The maximum atomic E-state index is 12.0. The first-order valence-electron chi connectivity index (χ1n) is 6.84. The Hall–Kier alpha value is -1.27. The van der Waals surface area contributed by atoms with Crippen molar-refractivity contribution in [3.8, 4) is 5.75 Å². The number of unbranched alkanes of at least 4 members (excludes halogenated alkanes) is 3. The Morgan fingerprint density at radius 1 is 1.20 bits per heavy atom. The number of sulfonamides is 1. The average molecular weight is 300 g/mol. The Morgan fingerprint density at radius 2 is 1.90 bits per heavy atom. The van der Waals surface area contributed by atoms with Crippen molar-refractivity contribution in [2.24, 2.45) is 0 Å². The van der Waals surface area contributed by atoms with Crippen molar-refractivity contribution in [1.82, 2.24) is 4.31 Å². The standard InChI is InChI=1S/C14H24N2O3S/c1-4-5-6-7-10-19-14-11-12(8-9-13(14)15)20(17,18)16(2)3/h8-9,11H,4-7,10,15H2,1-3H3. The zero-order chi connectivity index (χ0) is 15.2. The van der Waals surface area contributed by atoms with E-state index in [9.17, 15) is 8.42 Å². The van der Waals surface area contributed by atoms with Gasteiger partial charge in [-0.15, -0.1) is 0 Å². The third-order valence-electron chi connectivity index (χ3n) is 3.02. The Morgan fingerprint density at radius 3 is 2.50 bits per heavy atom. The van der Waals surface area contributed by atoms with Crippen molar-refractivity contribution in [3.63, 3.8) is 0 Å². The van der Waals surface area contributed by atoms with Gasteiger partial charge in [-0.05, 0) is 18.6 Å². The first kappa shape index (κ1) is 16.8. The molecule has 0 aliphatic carbocycles. The maximum Gasteiger partial charge on any atom is 0.242 e. The quantitative estimate of drug-likeness (QED) is 0.591. The highest BCUT2D eigenvalue weighted by molar-refractivity contribution is 7.89. The van der Waals surface area contributed by atoms with E-state index in [1.54, 1.807) is 6.07 Å². The van der Waals surface area contributed by atoms with Crippen molar-refractivity contribution >= 4 is 15.7 Å². The molecule has 1 aromatic rings. The van der Waals surface area contributed by atoms with Crippen LogP contribution in [0.2, 0.25) is 0 Å². The minimum Gasteiger partial charge on any atom is -0.491 e. The number of ether oxygens (including phenoxy) is 1. The molecule has 20 heavy (non-hydrogen) atoms. The fraction of sp³-hybridized carbons (Fsp3) is 0.571. The molecule has 0 saturated heterocycles. The molecule has 6 heteroatoms. The van der Waals surface area contributed by atoms with Gasteiger partial charge in [0.1, 0.15) is 5.75 Å². The summed E-state index contributed by atoms with van der Waals surface area (Å²) in [5, 5.41) is 0. The van der Waals surface area contributed by atoms with Gasteiger partial charge in [-0.1, -0.05) is 26.2 Å². The smallest absolute Gasteiger partial charge is 0.242 e.